The minimum absolute atomic E-state index is 0.199. The highest BCUT2D eigenvalue weighted by atomic mass is 127. The van der Waals surface area contributed by atoms with E-state index in [-0.39, 0.29) is 12.4 Å². The molecule has 1 rings (SSSR count). The van der Waals surface area contributed by atoms with E-state index in [1.807, 2.05) is 22.6 Å². The third-order valence-electron chi connectivity index (χ3n) is 2.03. The van der Waals surface area contributed by atoms with Gasteiger partial charge in [-0.25, -0.2) is 4.39 Å². The quantitative estimate of drug-likeness (QED) is 0.666. The molecule has 1 aromatic carbocycles. The Kier molecular flexibility index (Phi) is 5.31. The van der Waals surface area contributed by atoms with Crippen LogP contribution in [0.15, 0.2) is 12.1 Å². The van der Waals surface area contributed by atoms with Gasteiger partial charge in [0.05, 0.1) is 16.8 Å². The van der Waals surface area contributed by atoms with Crippen molar-refractivity contribution in [3.63, 3.8) is 0 Å². The van der Waals surface area contributed by atoms with Crippen molar-refractivity contribution in [2.75, 3.05) is 6.61 Å². The Balaban J connectivity index is 2.80. The maximum absolute atomic E-state index is 13.2. The van der Waals surface area contributed by atoms with E-state index >= 15 is 0 Å². The van der Waals surface area contributed by atoms with Gasteiger partial charge in [-0.1, -0.05) is 13.3 Å². The number of rotatable bonds is 5. The van der Waals surface area contributed by atoms with Crippen molar-refractivity contribution < 1.29 is 14.2 Å². The maximum atomic E-state index is 13.2. The van der Waals surface area contributed by atoms with E-state index in [0.717, 1.165) is 12.8 Å². The first kappa shape index (κ1) is 12.7. The van der Waals surface area contributed by atoms with Gasteiger partial charge in [0.15, 0.2) is 0 Å². The highest BCUT2D eigenvalue weighted by molar-refractivity contribution is 14.1. The second kappa shape index (κ2) is 6.27. The van der Waals surface area contributed by atoms with E-state index in [1.165, 1.54) is 6.07 Å². The number of hydrogen-bond acceptors (Lipinski definition) is 2. The molecule has 0 atom stereocenters. The molecule has 0 fully saturated rings. The highest BCUT2D eigenvalue weighted by Gasteiger charge is 2.08. The zero-order valence-corrected chi connectivity index (χ0v) is 10.8. The first-order valence-corrected chi connectivity index (χ1v) is 5.98. The molecule has 0 radical (unpaired) electrons. The molecule has 15 heavy (non-hydrogen) atoms. The normalized spacial score (nSPS) is 10.4. The monoisotopic (exact) mass is 324 g/mol. The Hall–Kier alpha value is -0.360. The van der Waals surface area contributed by atoms with Crippen LogP contribution < -0.4 is 4.74 Å². The lowest BCUT2D eigenvalue weighted by Gasteiger charge is -2.10. The Labute approximate surface area is 103 Å². The van der Waals surface area contributed by atoms with Gasteiger partial charge in [-0.2, -0.15) is 0 Å². The summed E-state index contributed by atoms with van der Waals surface area (Å²) in [7, 11) is 0. The van der Waals surface area contributed by atoms with E-state index in [2.05, 4.69) is 6.92 Å². The fourth-order valence-electron chi connectivity index (χ4n) is 1.15. The van der Waals surface area contributed by atoms with Crippen molar-refractivity contribution in [1.29, 1.82) is 0 Å². The number of halogens is 2. The summed E-state index contributed by atoms with van der Waals surface area (Å²) in [6, 6.07) is 2.94. The van der Waals surface area contributed by atoms with E-state index in [1.54, 1.807) is 6.07 Å². The topological polar surface area (TPSA) is 29.5 Å². The van der Waals surface area contributed by atoms with Crippen LogP contribution in [-0.2, 0) is 6.61 Å². The average molecular weight is 324 g/mol. The first-order chi connectivity index (χ1) is 7.19. The first-order valence-electron chi connectivity index (χ1n) is 4.90. The van der Waals surface area contributed by atoms with E-state index < -0.39 is 0 Å². The predicted octanol–water partition coefficient (Wildman–Crippen LogP) is 3.10. The smallest absolute Gasteiger partial charge is 0.137 e. The molecule has 0 heterocycles. The van der Waals surface area contributed by atoms with E-state index in [9.17, 15) is 4.39 Å². The van der Waals surface area contributed by atoms with Gasteiger partial charge in [-0.15, -0.1) is 0 Å². The summed E-state index contributed by atoms with van der Waals surface area (Å²) < 4.78 is 19.1. The van der Waals surface area contributed by atoms with Crippen LogP contribution in [0.4, 0.5) is 4.39 Å². The Morgan fingerprint density at radius 2 is 2.20 bits per heavy atom. The molecule has 1 aromatic rings. The Morgan fingerprint density at radius 3 is 2.80 bits per heavy atom. The Bertz CT molecular complexity index is 329. The third-order valence-corrected chi connectivity index (χ3v) is 2.86. The van der Waals surface area contributed by atoms with Crippen molar-refractivity contribution in [3.05, 3.63) is 27.1 Å². The average Bonchev–Trinajstić information content (AvgIpc) is 2.23. The number of unbranched alkanes of at least 4 members (excludes halogenated alkanes) is 1. The molecule has 0 aliphatic rings. The van der Waals surface area contributed by atoms with Crippen molar-refractivity contribution in [3.8, 4) is 5.75 Å². The van der Waals surface area contributed by atoms with Crippen LogP contribution in [-0.4, -0.2) is 11.7 Å². The third kappa shape index (κ3) is 3.61. The van der Waals surface area contributed by atoms with Gasteiger partial charge >= 0.3 is 0 Å². The highest BCUT2D eigenvalue weighted by Crippen LogP contribution is 2.24. The molecule has 1 N–H and O–H groups in total. The van der Waals surface area contributed by atoms with E-state index in [0.29, 0.717) is 21.5 Å². The van der Waals surface area contributed by atoms with Crippen LogP contribution in [0.3, 0.4) is 0 Å². The summed E-state index contributed by atoms with van der Waals surface area (Å²) in [5, 5.41) is 9.04. The molecule has 2 nitrogen and oxygen atoms in total. The molecule has 0 aromatic heterocycles. The predicted molar refractivity (Wildman–Crippen MR) is 65.4 cm³/mol. The van der Waals surface area contributed by atoms with Gasteiger partial charge in [-0.05, 0) is 41.1 Å². The van der Waals surface area contributed by atoms with Crippen LogP contribution in [0.5, 0.6) is 5.75 Å². The van der Waals surface area contributed by atoms with Crippen LogP contribution >= 0.6 is 22.6 Å². The lowest BCUT2D eigenvalue weighted by atomic mass is 10.2. The summed E-state index contributed by atoms with van der Waals surface area (Å²) in [6.07, 6.45) is 2.01. The Morgan fingerprint density at radius 1 is 1.47 bits per heavy atom. The molecular formula is C11H14FIO2. The van der Waals surface area contributed by atoms with Gasteiger partial charge in [0.25, 0.3) is 0 Å². The van der Waals surface area contributed by atoms with Crippen LogP contribution in [0.2, 0.25) is 0 Å². The fraction of sp³-hybridized carbons (Fsp3) is 0.455. The minimum atomic E-state index is -0.317. The molecule has 0 amide bonds. The van der Waals surface area contributed by atoms with Gasteiger partial charge in [0, 0.05) is 5.56 Å². The molecule has 0 unspecified atom stereocenters. The largest absolute Gasteiger partial charge is 0.493 e. The van der Waals surface area contributed by atoms with Crippen LogP contribution in [0.25, 0.3) is 0 Å². The molecule has 0 aliphatic heterocycles. The molecule has 0 bridgehead atoms. The summed E-state index contributed by atoms with van der Waals surface area (Å²) in [4.78, 5) is 0. The zero-order chi connectivity index (χ0) is 11.3. The SMILES string of the molecule is CCCCOc1cc(I)c(F)cc1CO. The second-order valence-corrected chi connectivity index (χ2v) is 4.40. The maximum Gasteiger partial charge on any atom is 0.137 e. The second-order valence-electron chi connectivity index (χ2n) is 3.23. The van der Waals surface area contributed by atoms with Crippen LogP contribution in [0.1, 0.15) is 25.3 Å². The molecular weight excluding hydrogens is 310 g/mol. The lowest BCUT2D eigenvalue weighted by Crippen LogP contribution is -2.01. The molecule has 0 saturated carbocycles. The summed E-state index contributed by atoms with van der Waals surface area (Å²) in [5.74, 6) is 0.263. The number of hydrogen-bond donors (Lipinski definition) is 1. The van der Waals surface area contributed by atoms with Gasteiger partial charge in [-0.3, -0.25) is 0 Å². The molecule has 84 valence electrons. The number of aliphatic hydroxyl groups is 1. The fourth-order valence-corrected chi connectivity index (χ4v) is 1.59. The zero-order valence-electron chi connectivity index (χ0n) is 8.59. The number of ether oxygens (including phenoxy) is 1. The number of benzene rings is 1. The van der Waals surface area contributed by atoms with E-state index in [4.69, 9.17) is 9.84 Å². The molecule has 4 heteroatoms. The van der Waals surface area contributed by atoms with Gasteiger partial charge < -0.3 is 9.84 Å². The summed E-state index contributed by atoms with van der Waals surface area (Å²) >= 11 is 1.91. The van der Waals surface area contributed by atoms with Crippen molar-refractivity contribution >= 4 is 22.6 Å². The van der Waals surface area contributed by atoms with Crippen molar-refractivity contribution in [2.45, 2.75) is 26.4 Å². The van der Waals surface area contributed by atoms with Gasteiger partial charge in [0.1, 0.15) is 11.6 Å². The standard InChI is InChI=1S/C11H14FIO2/c1-2-3-4-15-11-6-10(13)9(12)5-8(11)7-14/h5-6,14H,2-4,7H2,1H3. The summed E-state index contributed by atoms with van der Waals surface area (Å²) in [5.41, 5.74) is 0.504. The molecule has 0 saturated heterocycles. The van der Waals surface area contributed by atoms with Crippen molar-refractivity contribution in [2.24, 2.45) is 0 Å². The molecule has 0 spiro atoms. The van der Waals surface area contributed by atoms with Crippen LogP contribution in [0, 0.1) is 9.39 Å². The lowest BCUT2D eigenvalue weighted by molar-refractivity contribution is 0.260. The molecule has 0 aliphatic carbocycles. The van der Waals surface area contributed by atoms with Gasteiger partial charge in [0.2, 0.25) is 0 Å². The summed E-state index contributed by atoms with van der Waals surface area (Å²) in [6.45, 7) is 2.48. The minimum Gasteiger partial charge on any atom is -0.493 e. The number of aliphatic hydroxyl groups excluding tert-OH is 1. The van der Waals surface area contributed by atoms with Crippen molar-refractivity contribution in [1.82, 2.24) is 0 Å².